The van der Waals surface area contributed by atoms with Gasteiger partial charge in [-0.1, -0.05) is 13.8 Å². The van der Waals surface area contributed by atoms with Gasteiger partial charge in [-0.3, -0.25) is 14.8 Å². The van der Waals surface area contributed by atoms with E-state index in [9.17, 15) is 10.1 Å². The van der Waals surface area contributed by atoms with Crippen LogP contribution < -0.4 is 4.74 Å². The standard InChI is InChI=1S/C15H19N3O3/c1-4-12-8-13(5-2)17(16-12)10-11-6-14(18(19)20)9-15(7-11)21-3/h6-9H,4-5,10H2,1-3H3. The molecule has 0 saturated carbocycles. The fourth-order valence-electron chi connectivity index (χ4n) is 2.24. The van der Waals surface area contributed by atoms with E-state index in [1.165, 1.54) is 13.2 Å². The number of methoxy groups -OCH3 is 1. The molecule has 0 amide bonds. The van der Waals surface area contributed by atoms with Crippen molar-refractivity contribution in [2.75, 3.05) is 7.11 Å². The molecular formula is C15H19N3O3. The summed E-state index contributed by atoms with van der Waals surface area (Å²) in [7, 11) is 1.50. The van der Waals surface area contributed by atoms with Crippen LogP contribution in [0.5, 0.6) is 5.75 Å². The SMILES string of the molecule is CCc1cc(CC)n(Cc2cc(OC)cc([N+](=O)[O-])c2)n1. The molecule has 2 aromatic rings. The van der Waals surface area contributed by atoms with Gasteiger partial charge in [-0.05, 0) is 30.5 Å². The topological polar surface area (TPSA) is 70.2 Å². The zero-order valence-corrected chi connectivity index (χ0v) is 12.5. The van der Waals surface area contributed by atoms with Crippen LogP contribution in [0.4, 0.5) is 5.69 Å². The second-order valence-corrected chi connectivity index (χ2v) is 4.79. The number of nitro benzene ring substituents is 1. The van der Waals surface area contributed by atoms with E-state index in [1.54, 1.807) is 12.1 Å². The highest BCUT2D eigenvalue weighted by Crippen LogP contribution is 2.23. The van der Waals surface area contributed by atoms with Gasteiger partial charge in [0, 0.05) is 11.8 Å². The lowest BCUT2D eigenvalue weighted by atomic mass is 10.2. The maximum Gasteiger partial charge on any atom is 0.273 e. The van der Waals surface area contributed by atoms with Crippen molar-refractivity contribution in [2.45, 2.75) is 33.2 Å². The van der Waals surface area contributed by atoms with Crippen molar-refractivity contribution in [3.8, 4) is 5.75 Å². The zero-order chi connectivity index (χ0) is 15.4. The van der Waals surface area contributed by atoms with E-state index in [-0.39, 0.29) is 5.69 Å². The van der Waals surface area contributed by atoms with Gasteiger partial charge in [-0.25, -0.2) is 0 Å². The number of aromatic nitrogens is 2. The quantitative estimate of drug-likeness (QED) is 0.605. The van der Waals surface area contributed by atoms with Gasteiger partial charge < -0.3 is 4.74 Å². The molecule has 6 nitrogen and oxygen atoms in total. The third-order valence-electron chi connectivity index (χ3n) is 3.37. The fraction of sp³-hybridized carbons (Fsp3) is 0.400. The summed E-state index contributed by atoms with van der Waals surface area (Å²) in [5, 5.41) is 15.5. The molecule has 1 aromatic carbocycles. The van der Waals surface area contributed by atoms with Crippen molar-refractivity contribution in [2.24, 2.45) is 0 Å². The van der Waals surface area contributed by atoms with Crippen molar-refractivity contribution in [3.05, 3.63) is 51.3 Å². The Balaban J connectivity index is 2.36. The fourth-order valence-corrected chi connectivity index (χ4v) is 2.24. The van der Waals surface area contributed by atoms with Crippen LogP contribution in [0.3, 0.4) is 0 Å². The molecule has 1 heterocycles. The Morgan fingerprint density at radius 3 is 2.57 bits per heavy atom. The van der Waals surface area contributed by atoms with Gasteiger partial charge in [0.15, 0.2) is 0 Å². The van der Waals surface area contributed by atoms with E-state index < -0.39 is 4.92 Å². The number of benzene rings is 1. The summed E-state index contributed by atoms with van der Waals surface area (Å²) < 4.78 is 7.03. The summed E-state index contributed by atoms with van der Waals surface area (Å²) in [4.78, 5) is 10.6. The number of hydrogen-bond donors (Lipinski definition) is 0. The molecule has 0 aliphatic heterocycles. The van der Waals surface area contributed by atoms with Crippen LogP contribution in [-0.2, 0) is 19.4 Å². The van der Waals surface area contributed by atoms with Crippen LogP contribution in [0.2, 0.25) is 0 Å². The van der Waals surface area contributed by atoms with E-state index in [4.69, 9.17) is 4.74 Å². The van der Waals surface area contributed by atoms with Crippen LogP contribution in [0.25, 0.3) is 0 Å². The number of rotatable bonds is 6. The van der Waals surface area contributed by atoms with Crippen LogP contribution in [-0.4, -0.2) is 21.8 Å². The number of hydrogen-bond acceptors (Lipinski definition) is 4. The molecule has 6 heteroatoms. The van der Waals surface area contributed by atoms with E-state index >= 15 is 0 Å². The van der Waals surface area contributed by atoms with Gasteiger partial charge in [-0.15, -0.1) is 0 Å². The first-order valence-electron chi connectivity index (χ1n) is 6.95. The molecule has 1 aromatic heterocycles. The Kier molecular flexibility index (Phi) is 4.57. The first-order chi connectivity index (χ1) is 10.1. The Morgan fingerprint density at radius 2 is 2.00 bits per heavy atom. The number of nitro groups is 1. The first-order valence-corrected chi connectivity index (χ1v) is 6.95. The lowest BCUT2D eigenvalue weighted by Crippen LogP contribution is -2.06. The maximum atomic E-state index is 11.0. The minimum absolute atomic E-state index is 0.0327. The lowest BCUT2D eigenvalue weighted by molar-refractivity contribution is -0.385. The summed E-state index contributed by atoms with van der Waals surface area (Å²) in [5.74, 6) is 0.486. The molecule has 0 aliphatic rings. The Labute approximate surface area is 123 Å². The molecule has 0 unspecified atom stereocenters. The lowest BCUT2D eigenvalue weighted by Gasteiger charge is -2.08. The molecule has 0 bridgehead atoms. The molecule has 0 N–H and O–H groups in total. The van der Waals surface area contributed by atoms with Gasteiger partial charge in [0.2, 0.25) is 0 Å². The second-order valence-electron chi connectivity index (χ2n) is 4.79. The number of non-ortho nitro benzene ring substituents is 1. The summed E-state index contributed by atoms with van der Waals surface area (Å²) in [6.07, 6.45) is 1.75. The predicted octanol–water partition coefficient (Wildman–Crippen LogP) is 2.97. The van der Waals surface area contributed by atoms with E-state index in [1.807, 2.05) is 4.68 Å². The van der Waals surface area contributed by atoms with Crippen LogP contribution in [0.15, 0.2) is 24.3 Å². The van der Waals surface area contributed by atoms with Crippen LogP contribution in [0, 0.1) is 10.1 Å². The molecule has 112 valence electrons. The maximum absolute atomic E-state index is 11.0. The predicted molar refractivity (Wildman–Crippen MR) is 79.7 cm³/mol. The van der Waals surface area contributed by atoms with Crippen molar-refractivity contribution < 1.29 is 9.66 Å². The van der Waals surface area contributed by atoms with Gasteiger partial charge in [0.05, 0.1) is 30.3 Å². The number of aryl methyl sites for hydroxylation is 2. The monoisotopic (exact) mass is 289 g/mol. The molecule has 0 aliphatic carbocycles. The summed E-state index contributed by atoms with van der Waals surface area (Å²) in [5.41, 5.74) is 2.99. The summed E-state index contributed by atoms with van der Waals surface area (Å²) in [6, 6.07) is 6.87. The van der Waals surface area contributed by atoms with E-state index in [0.29, 0.717) is 12.3 Å². The normalized spacial score (nSPS) is 10.6. The summed E-state index contributed by atoms with van der Waals surface area (Å²) in [6.45, 7) is 4.63. The largest absolute Gasteiger partial charge is 0.496 e. The Hall–Kier alpha value is -2.37. The molecule has 0 saturated heterocycles. The zero-order valence-electron chi connectivity index (χ0n) is 12.5. The molecule has 0 atom stereocenters. The second kappa shape index (κ2) is 6.39. The Morgan fingerprint density at radius 1 is 1.24 bits per heavy atom. The molecular weight excluding hydrogens is 270 g/mol. The van der Waals surface area contributed by atoms with Crippen molar-refractivity contribution in [1.82, 2.24) is 9.78 Å². The van der Waals surface area contributed by atoms with Crippen LogP contribution in [0.1, 0.15) is 30.8 Å². The van der Waals surface area contributed by atoms with Crippen molar-refractivity contribution >= 4 is 5.69 Å². The first kappa shape index (κ1) is 15.0. The van der Waals surface area contributed by atoms with Crippen molar-refractivity contribution in [3.63, 3.8) is 0 Å². The molecule has 0 radical (unpaired) electrons. The average Bonchev–Trinajstić information content (AvgIpc) is 2.88. The van der Waals surface area contributed by atoms with Gasteiger partial charge in [0.1, 0.15) is 5.75 Å². The average molecular weight is 289 g/mol. The molecule has 0 spiro atoms. The minimum atomic E-state index is -0.409. The number of nitrogens with zero attached hydrogens (tertiary/aromatic N) is 3. The molecule has 2 rings (SSSR count). The van der Waals surface area contributed by atoms with E-state index in [0.717, 1.165) is 29.8 Å². The van der Waals surface area contributed by atoms with Crippen LogP contribution >= 0.6 is 0 Å². The molecule has 21 heavy (non-hydrogen) atoms. The van der Waals surface area contributed by atoms with Gasteiger partial charge in [-0.2, -0.15) is 5.10 Å². The third kappa shape index (κ3) is 3.39. The van der Waals surface area contributed by atoms with E-state index in [2.05, 4.69) is 25.0 Å². The van der Waals surface area contributed by atoms with Crippen molar-refractivity contribution in [1.29, 1.82) is 0 Å². The van der Waals surface area contributed by atoms with Gasteiger partial charge in [0.25, 0.3) is 5.69 Å². The summed E-state index contributed by atoms with van der Waals surface area (Å²) >= 11 is 0. The number of ether oxygens (including phenoxy) is 1. The Bertz CT molecular complexity index is 650. The highest BCUT2D eigenvalue weighted by molar-refractivity contribution is 5.43. The van der Waals surface area contributed by atoms with Gasteiger partial charge >= 0.3 is 0 Å². The highest BCUT2D eigenvalue weighted by Gasteiger charge is 2.12. The third-order valence-corrected chi connectivity index (χ3v) is 3.37. The molecule has 0 fully saturated rings. The minimum Gasteiger partial charge on any atom is -0.496 e. The smallest absolute Gasteiger partial charge is 0.273 e. The highest BCUT2D eigenvalue weighted by atomic mass is 16.6.